The smallest absolute Gasteiger partial charge is 0.336 e. The summed E-state index contributed by atoms with van der Waals surface area (Å²) >= 11 is 0. The van der Waals surface area contributed by atoms with Crippen LogP contribution in [0.15, 0.2) is 119 Å². The number of carbonyl (C=O) groups is 6. The molecule has 10 nitrogen and oxygen atoms in total. The molecular weight excluding hydrogens is 712 g/mol. The molecule has 0 amide bonds. The van der Waals surface area contributed by atoms with Crippen LogP contribution in [0.1, 0.15) is 94.9 Å². The third kappa shape index (κ3) is 13.8. The van der Waals surface area contributed by atoms with Gasteiger partial charge in [0.15, 0.2) is 23.3 Å². The number of allylic oxidation sites excluding steroid dienone is 19. The molecule has 0 radical (unpaired) electrons. The summed E-state index contributed by atoms with van der Waals surface area (Å²) in [5.74, 6) is -5.96. The van der Waals surface area contributed by atoms with Crippen molar-refractivity contribution in [1.82, 2.24) is 0 Å². The van der Waals surface area contributed by atoms with Gasteiger partial charge in [-0.05, 0) is 62.5 Å². The molecule has 0 heterocycles. The van der Waals surface area contributed by atoms with E-state index in [9.17, 15) is 39.0 Å². The highest BCUT2D eigenvalue weighted by molar-refractivity contribution is 6.38. The topological polar surface area (TPSA) is 172 Å². The van der Waals surface area contributed by atoms with E-state index in [1.165, 1.54) is 0 Å². The van der Waals surface area contributed by atoms with E-state index in [-0.39, 0.29) is 41.7 Å². The van der Waals surface area contributed by atoms with Crippen molar-refractivity contribution in [2.75, 3.05) is 0 Å². The van der Waals surface area contributed by atoms with Crippen LogP contribution in [0, 0.1) is 22.7 Å². The Hall–Kier alpha value is -5.22. The normalized spacial score (nSPS) is 24.0. The van der Waals surface area contributed by atoms with Crippen LogP contribution < -0.4 is 0 Å². The van der Waals surface area contributed by atoms with Gasteiger partial charge in [0.1, 0.15) is 0 Å². The van der Waals surface area contributed by atoms with Gasteiger partial charge < -0.3 is 20.1 Å². The van der Waals surface area contributed by atoms with E-state index in [1.807, 2.05) is 141 Å². The van der Waals surface area contributed by atoms with E-state index in [1.54, 1.807) is 6.92 Å². The highest BCUT2D eigenvalue weighted by atomic mass is 16.5. The van der Waals surface area contributed by atoms with Crippen molar-refractivity contribution >= 4 is 35.3 Å². The second-order valence-corrected chi connectivity index (χ2v) is 16.3. The molecule has 2 rings (SSSR count). The Labute approximate surface area is 331 Å². The lowest BCUT2D eigenvalue weighted by atomic mass is 9.63. The molecule has 0 aromatic heterocycles. The fourth-order valence-corrected chi connectivity index (χ4v) is 6.85. The van der Waals surface area contributed by atoms with E-state index < -0.39 is 53.7 Å². The lowest BCUT2D eigenvalue weighted by molar-refractivity contribution is -0.174. The number of carboxylic acids is 2. The zero-order valence-electron chi connectivity index (χ0n) is 34.3. The number of carboxylic acid groups (broad SMARTS) is 2. The van der Waals surface area contributed by atoms with Crippen molar-refractivity contribution in [1.29, 1.82) is 0 Å². The molecule has 0 aromatic rings. The third-order valence-electron chi connectivity index (χ3n) is 10.1. The Bertz CT molecular complexity index is 1880. The summed E-state index contributed by atoms with van der Waals surface area (Å²) < 4.78 is 5.27. The first-order chi connectivity index (χ1) is 25.9. The van der Waals surface area contributed by atoms with E-state index >= 15 is 0 Å². The monoisotopic (exact) mass is 770 g/mol. The molecule has 0 saturated heterocycles. The zero-order valence-corrected chi connectivity index (χ0v) is 34.3. The Balaban J connectivity index is 1.99. The largest absolute Gasteiger partial charge is 0.481 e. The van der Waals surface area contributed by atoms with Gasteiger partial charge in [0.25, 0.3) is 0 Å². The number of esters is 1. The summed E-state index contributed by atoms with van der Waals surface area (Å²) in [6.07, 6.45) is 24.5. The van der Waals surface area contributed by atoms with Crippen LogP contribution in [0.25, 0.3) is 0 Å². The molecule has 3 N–H and O–H groups in total. The Morgan fingerprint density at radius 3 is 1.79 bits per heavy atom. The number of aliphatic carboxylic acids is 2. The number of ether oxygens (including phenoxy) is 1. The fourth-order valence-electron chi connectivity index (χ4n) is 6.85. The van der Waals surface area contributed by atoms with Gasteiger partial charge in [0.2, 0.25) is 5.78 Å². The van der Waals surface area contributed by atoms with Gasteiger partial charge in [-0.2, -0.15) is 0 Å². The van der Waals surface area contributed by atoms with Crippen molar-refractivity contribution in [2.45, 2.75) is 107 Å². The quantitative estimate of drug-likeness (QED) is 0.0788. The minimum absolute atomic E-state index is 0.00692. The predicted molar refractivity (Wildman–Crippen MR) is 217 cm³/mol. The van der Waals surface area contributed by atoms with Crippen LogP contribution in [-0.2, 0) is 33.5 Å². The molecule has 2 aliphatic carbocycles. The molecule has 0 aliphatic heterocycles. The summed E-state index contributed by atoms with van der Waals surface area (Å²) in [4.78, 5) is 72.3. The van der Waals surface area contributed by atoms with Gasteiger partial charge in [-0.1, -0.05) is 142 Å². The molecule has 4 atom stereocenters. The van der Waals surface area contributed by atoms with Crippen LogP contribution in [0.5, 0.6) is 0 Å². The fraction of sp³-hybridized carbons (Fsp3) is 0.435. The minimum Gasteiger partial charge on any atom is -0.481 e. The van der Waals surface area contributed by atoms with Crippen molar-refractivity contribution in [3.05, 3.63) is 119 Å². The van der Waals surface area contributed by atoms with Gasteiger partial charge in [-0.25, -0.2) is 4.79 Å². The van der Waals surface area contributed by atoms with E-state index in [0.29, 0.717) is 5.57 Å². The number of Topliss-reactive ketones (excluding diaryl/α,β-unsaturated/α-hetero) is 3. The van der Waals surface area contributed by atoms with E-state index in [0.717, 1.165) is 27.9 Å². The molecule has 1 saturated carbocycles. The van der Waals surface area contributed by atoms with Crippen LogP contribution >= 0.6 is 0 Å². The first kappa shape index (κ1) is 46.9. The van der Waals surface area contributed by atoms with Crippen molar-refractivity contribution < 1.29 is 48.8 Å². The standard InChI is InChI=1S/C46H58O10/c1-29(17-13-19-31(3)21-23-35-33(5)41(51)37(47)25-44(35,7)8)15-11-12-16-30(2)18-14-20-32(4)22-24-36-34(6)42(52)38(26-45(36,9)10)56-40(50)28-46(55,43(53)54)27-39(48)49/h11-24,33,35,38,55H,25-28H2,1-10H3,(H,48,49)(H,53,54)/b12-11+,17-13+,18-14+,23-21?,24-22?,29-15+,30-16+,31-19+,32-20+. The Morgan fingerprint density at radius 1 is 0.768 bits per heavy atom. The third-order valence-corrected chi connectivity index (χ3v) is 10.1. The second-order valence-electron chi connectivity index (χ2n) is 16.3. The van der Waals surface area contributed by atoms with Crippen molar-refractivity contribution in [3.8, 4) is 0 Å². The lowest BCUT2D eigenvalue weighted by Gasteiger charge is -2.39. The molecule has 0 spiro atoms. The maximum Gasteiger partial charge on any atom is 0.336 e. The van der Waals surface area contributed by atoms with Crippen molar-refractivity contribution in [3.63, 3.8) is 0 Å². The number of carbonyl (C=O) groups excluding carboxylic acids is 4. The molecule has 302 valence electrons. The summed E-state index contributed by atoms with van der Waals surface area (Å²) in [6.45, 7) is 19.3. The zero-order chi connectivity index (χ0) is 42.6. The summed E-state index contributed by atoms with van der Waals surface area (Å²) in [7, 11) is 0. The molecule has 0 aromatic carbocycles. The molecular formula is C46H58O10. The van der Waals surface area contributed by atoms with Crippen LogP contribution in [0.3, 0.4) is 0 Å². The summed E-state index contributed by atoms with van der Waals surface area (Å²) in [5, 5.41) is 28.4. The number of ketones is 3. The molecule has 56 heavy (non-hydrogen) atoms. The predicted octanol–water partition coefficient (Wildman–Crippen LogP) is 8.28. The first-order valence-corrected chi connectivity index (χ1v) is 18.7. The first-order valence-electron chi connectivity index (χ1n) is 18.7. The molecule has 1 fully saturated rings. The molecule has 0 bridgehead atoms. The van der Waals surface area contributed by atoms with Gasteiger partial charge in [-0.15, -0.1) is 0 Å². The molecule has 10 heteroatoms. The number of aliphatic hydroxyl groups is 1. The van der Waals surface area contributed by atoms with Crippen LogP contribution in [-0.4, -0.2) is 62.3 Å². The maximum absolute atomic E-state index is 13.1. The summed E-state index contributed by atoms with van der Waals surface area (Å²) in [6, 6.07) is 0. The maximum atomic E-state index is 13.1. The van der Waals surface area contributed by atoms with E-state index in [2.05, 4.69) is 6.08 Å². The van der Waals surface area contributed by atoms with Crippen molar-refractivity contribution in [2.24, 2.45) is 22.7 Å². The lowest BCUT2D eigenvalue weighted by Crippen LogP contribution is -2.45. The number of hydrogen-bond donors (Lipinski definition) is 3. The second kappa shape index (κ2) is 20.1. The van der Waals surface area contributed by atoms with Crippen LogP contribution in [0.2, 0.25) is 0 Å². The Morgan fingerprint density at radius 2 is 1.27 bits per heavy atom. The van der Waals surface area contributed by atoms with Gasteiger partial charge >= 0.3 is 17.9 Å². The van der Waals surface area contributed by atoms with Crippen LogP contribution in [0.4, 0.5) is 0 Å². The highest BCUT2D eigenvalue weighted by Crippen LogP contribution is 2.42. The van der Waals surface area contributed by atoms with Gasteiger partial charge in [-0.3, -0.25) is 24.0 Å². The number of hydrogen-bond acceptors (Lipinski definition) is 8. The van der Waals surface area contributed by atoms with Gasteiger partial charge in [0, 0.05) is 18.8 Å². The van der Waals surface area contributed by atoms with E-state index in [4.69, 9.17) is 9.84 Å². The minimum atomic E-state index is -2.85. The molecule has 2 aliphatic rings. The SMILES string of the molecule is CC1=C(C=C/C(C)=C/C=C/C(C)=C/C=C/C=C(C)/C=C/C=C(\C)C=CC2C(C)C(=O)C(=O)CC2(C)C)C(C)(C)CC(OC(=O)CC(O)(CC(=O)O)C(=O)O)C1=O. The Kier molecular flexibility index (Phi) is 16.8. The average Bonchev–Trinajstić information content (AvgIpc) is 3.06. The average molecular weight is 771 g/mol. The number of rotatable bonds is 16. The molecule has 4 unspecified atom stereocenters. The summed E-state index contributed by atoms with van der Waals surface area (Å²) in [5.41, 5.74) is 1.51. The van der Waals surface area contributed by atoms with Gasteiger partial charge in [0.05, 0.1) is 12.8 Å². The highest BCUT2D eigenvalue weighted by Gasteiger charge is 2.45.